The Bertz CT molecular complexity index is 542. The lowest BCUT2D eigenvalue weighted by atomic mass is 10.1. The highest BCUT2D eigenvalue weighted by Gasteiger charge is 2.42. The SMILES string of the molecule is NC(=O)NS(=O)(=O)NC(=O)N1CC(NC(=O)O)C1=O. The van der Waals surface area contributed by atoms with Crippen LogP contribution in [0.4, 0.5) is 14.4 Å². The van der Waals surface area contributed by atoms with Crippen molar-refractivity contribution in [3.05, 3.63) is 0 Å². The van der Waals surface area contributed by atoms with Crippen LogP contribution >= 0.6 is 0 Å². The molecule has 1 rings (SSSR count). The number of imide groups is 1. The van der Waals surface area contributed by atoms with Gasteiger partial charge in [-0.25, -0.2) is 23.8 Å². The first-order chi connectivity index (χ1) is 8.62. The number of carbonyl (C=O) groups excluding carboxylic acids is 3. The fourth-order valence-corrected chi connectivity index (χ4v) is 1.85. The molecule has 1 fully saturated rings. The van der Waals surface area contributed by atoms with Gasteiger partial charge in [-0.05, 0) is 0 Å². The molecule has 13 heteroatoms. The van der Waals surface area contributed by atoms with Gasteiger partial charge in [-0.1, -0.05) is 0 Å². The Morgan fingerprint density at radius 1 is 1.32 bits per heavy atom. The maximum Gasteiger partial charge on any atom is 0.405 e. The van der Waals surface area contributed by atoms with Crippen molar-refractivity contribution >= 4 is 34.3 Å². The minimum absolute atomic E-state index is 0.330. The van der Waals surface area contributed by atoms with Crippen LogP contribution < -0.4 is 20.5 Å². The highest BCUT2D eigenvalue weighted by Crippen LogP contribution is 2.10. The first kappa shape index (κ1) is 14.5. The number of rotatable bonds is 3. The van der Waals surface area contributed by atoms with Crippen LogP contribution in [0.25, 0.3) is 0 Å². The molecule has 1 unspecified atom stereocenters. The number of carbonyl (C=O) groups is 4. The van der Waals surface area contributed by atoms with Crippen LogP contribution in [0.5, 0.6) is 0 Å². The average Bonchev–Trinajstić information content (AvgIpc) is 2.19. The van der Waals surface area contributed by atoms with Crippen LogP contribution in [0.3, 0.4) is 0 Å². The van der Waals surface area contributed by atoms with Gasteiger partial charge in [0.2, 0.25) is 0 Å². The Balaban J connectivity index is 2.56. The molecule has 0 spiro atoms. The van der Waals surface area contributed by atoms with E-state index in [0.29, 0.717) is 4.90 Å². The second kappa shape index (κ2) is 4.97. The van der Waals surface area contributed by atoms with Crippen molar-refractivity contribution in [2.24, 2.45) is 5.73 Å². The van der Waals surface area contributed by atoms with E-state index in [4.69, 9.17) is 5.11 Å². The van der Waals surface area contributed by atoms with E-state index in [0.717, 1.165) is 0 Å². The summed E-state index contributed by atoms with van der Waals surface area (Å²) in [5.41, 5.74) is 4.54. The Labute approximate surface area is 106 Å². The van der Waals surface area contributed by atoms with E-state index in [1.807, 2.05) is 5.32 Å². The zero-order valence-electron chi connectivity index (χ0n) is 9.11. The predicted molar refractivity (Wildman–Crippen MR) is 56.8 cm³/mol. The molecule has 0 aliphatic carbocycles. The van der Waals surface area contributed by atoms with Crippen LogP contribution in [-0.2, 0) is 15.0 Å². The van der Waals surface area contributed by atoms with Crippen LogP contribution in [0, 0.1) is 0 Å². The molecule has 0 radical (unpaired) electrons. The maximum atomic E-state index is 11.3. The number of hydrogen-bond acceptors (Lipinski definition) is 6. The number of hydrogen-bond donors (Lipinski definition) is 5. The van der Waals surface area contributed by atoms with Crippen molar-refractivity contribution in [2.45, 2.75) is 6.04 Å². The normalized spacial score (nSPS) is 18.2. The van der Waals surface area contributed by atoms with Crippen molar-refractivity contribution in [1.82, 2.24) is 19.7 Å². The lowest BCUT2D eigenvalue weighted by molar-refractivity contribution is -0.138. The number of β-lactam (4-membered cyclic amide) rings is 1. The van der Waals surface area contributed by atoms with Gasteiger partial charge in [-0.3, -0.25) is 9.69 Å². The number of urea groups is 2. The molecule has 0 saturated carbocycles. The standard InChI is InChI=1S/C6H9N5O7S/c7-4(13)9-19(17,18)10-5(14)11-1-2(3(11)12)8-6(15)16/h2,8H,1H2,(H,10,14)(H,15,16)(H3,7,9,13). The van der Waals surface area contributed by atoms with Crippen LogP contribution in [0.15, 0.2) is 0 Å². The second-order valence-electron chi connectivity index (χ2n) is 3.33. The fraction of sp³-hybridized carbons (Fsp3) is 0.333. The largest absolute Gasteiger partial charge is 0.465 e. The Kier molecular flexibility index (Phi) is 3.79. The average molecular weight is 295 g/mol. The summed E-state index contributed by atoms with van der Waals surface area (Å²) in [6, 6.07) is -3.86. The third-order valence-corrected chi connectivity index (χ3v) is 2.84. The monoisotopic (exact) mass is 295 g/mol. The van der Waals surface area contributed by atoms with Crippen molar-refractivity contribution in [2.75, 3.05) is 6.54 Å². The molecule has 6 amide bonds. The van der Waals surface area contributed by atoms with Gasteiger partial charge >= 0.3 is 28.4 Å². The molecule has 0 bridgehead atoms. The van der Waals surface area contributed by atoms with Gasteiger partial charge in [0, 0.05) is 0 Å². The van der Waals surface area contributed by atoms with Gasteiger partial charge in [0.25, 0.3) is 5.91 Å². The molecule has 1 aliphatic rings. The number of carboxylic acid groups (broad SMARTS) is 1. The quantitative estimate of drug-likeness (QED) is 0.345. The lowest BCUT2D eigenvalue weighted by Gasteiger charge is -2.35. The van der Waals surface area contributed by atoms with Crippen LogP contribution in [0.2, 0.25) is 0 Å². The first-order valence-electron chi connectivity index (χ1n) is 4.57. The number of primary amides is 1. The smallest absolute Gasteiger partial charge is 0.405 e. The molecule has 1 atom stereocenters. The molecule has 12 nitrogen and oxygen atoms in total. The second-order valence-corrected chi connectivity index (χ2v) is 4.74. The summed E-state index contributed by atoms with van der Waals surface area (Å²) in [6.07, 6.45) is -1.46. The minimum atomic E-state index is -4.52. The van der Waals surface area contributed by atoms with E-state index in [9.17, 15) is 27.6 Å². The molecule has 6 N–H and O–H groups in total. The lowest BCUT2D eigenvalue weighted by Crippen LogP contribution is -2.67. The van der Waals surface area contributed by atoms with Crippen LogP contribution in [0.1, 0.15) is 0 Å². The van der Waals surface area contributed by atoms with E-state index in [2.05, 4.69) is 5.73 Å². The van der Waals surface area contributed by atoms with Crippen molar-refractivity contribution in [1.29, 1.82) is 0 Å². The van der Waals surface area contributed by atoms with Crippen molar-refractivity contribution in [3.63, 3.8) is 0 Å². The van der Waals surface area contributed by atoms with E-state index >= 15 is 0 Å². The summed E-state index contributed by atoms with van der Waals surface area (Å²) in [5.74, 6) is -0.922. The van der Waals surface area contributed by atoms with Gasteiger partial charge < -0.3 is 16.2 Å². The summed E-state index contributed by atoms with van der Waals surface area (Å²) in [4.78, 5) is 43.6. The fourth-order valence-electron chi connectivity index (χ4n) is 1.19. The summed E-state index contributed by atoms with van der Waals surface area (Å²) >= 11 is 0. The third-order valence-electron chi connectivity index (χ3n) is 1.93. The number of amides is 6. The van der Waals surface area contributed by atoms with Gasteiger partial charge in [0.05, 0.1) is 6.54 Å². The minimum Gasteiger partial charge on any atom is -0.465 e. The molecule has 19 heavy (non-hydrogen) atoms. The van der Waals surface area contributed by atoms with Crippen molar-refractivity contribution in [3.8, 4) is 0 Å². The molecule has 1 heterocycles. The van der Waals surface area contributed by atoms with Crippen LogP contribution in [-0.4, -0.2) is 55.1 Å². The third kappa shape index (κ3) is 3.70. The Hall–Kier alpha value is -2.57. The van der Waals surface area contributed by atoms with Gasteiger partial charge in [-0.2, -0.15) is 8.42 Å². The molecule has 1 aliphatic heterocycles. The van der Waals surface area contributed by atoms with E-state index in [1.165, 1.54) is 9.44 Å². The highest BCUT2D eigenvalue weighted by molar-refractivity contribution is 7.88. The zero-order chi connectivity index (χ0) is 14.8. The van der Waals surface area contributed by atoms with E-state index in [-0.39, 0.29) is 6.54 Å². The van der Waals surface area contributed by atoms with Gasteiger partial charge in [0.15, 0.2) is 0 Å². The van der Waals surface area contributed by atoms with E-state index < -0.39 is 40.3 Å². The van der Waals surface area contributed by atoms with Crippen molar-refractivity contribution < 1.29 is 32.7 Å². The summed E-state index contributed by atoms with van der Waals surface area (Å²) in [5, 5.41) is 10.2. The Morgan fingerprint density at radius 3 is 2.32 bits per heavy atom. The van der Waals surface area contributed by atoms with Gasteiger partial charge in [0.1, 0.15) is 6.04 Å². The summed E-state index contributed by atoms with van der Waals surface area (Å²) < 4.78 is 24.7. The predicted octanol–water partition coefficient (Wildman–Crippen LogP) is -2.91. The van der Waals surface area contributed by atoms with E-state index in [1.54, 1.807) is 0 Å². The number of nitrogens with two attached hydrogens (primary N) is 1. The number of nitrogens with zero attached hydrogens (tertiary/aromatic N) is 1. The van der Waals surface area contributed by atoms with Gasteiger partial charge in [-0.15, -0.1) is 0 Å². The zero-order valence-corrected chi connectivity index (χ0v) is 9.93. The molecule has 0 aromatic heterocycles. The number of likely N-dealkylation sites (tertiary alicyclic amines) is 1. The Morgan fingerprint density at radius 2 is 1.89 bits per heavy atom. The molecular weight excluding hydrogens is 286 g/mol. The molecule has 0 aromatic rings. The molecular formula is C6H9N5O7S. The number of nitrogens with one attached hydrogen (secondary N) is 3. The molecule has 1 saturated heterocycles. The topological polar surface area (TPSA) is 188 Å². The summed E-state index contributed by atoms with van der Waals surface area (Å²) in [6.45, 7) is -0.330. The first-order valence-corrected chi connectivity index (χ1v) is 6.05. The summed E-state index contributed by atoms with van der Waals surface area (Å²) in [7, 11) is -4.52. The maximum absolute atomic E-state index is 11.3. The highest BCUT2D eigenvalue weighted by atomic mass is 32.2. The molecule has 0 aromatic carbocycles. The molecule has 106 valence electrons.